The largest absolute Gasteiger partial charge is 0.351 e. The molecule has 1 aromatic heterocycles. The van der Waals surface area contributed by atoms with E-state index in [0.29, 0.717) is 11.0 Å². The fourth-order valence-corrected chi connectivity index (χ4v) is 3.12. The summed E-state index contributed by atoms with van der Waals surface area (Å²) in [5, 5.41) is 11.1. The van der Waals surface area contributed by atoms with E-state index in [-0.39, 0.29) is 5.75 Å². The molecule has 0 unspecified atom stereocenters. The van der Waals surface area contributed by atoms with Gasteiger partial charge in [0.25, 0.3) is 0 Å². The number of hydrogen-bond donors (Lipinski definition) is 2. The van der Waals surface area contributed by atoms with Crippen molar-refractivity contribution in [3.63, 3.8) is 0 Å². The van der Waals surface area contributed by atoms with Gasteiger partial charge in [0.05, 0.1) is 5.75 Å². The van der Waals surface area contributed by atoms with Crippen LogP contribution in [0.25, 0.3) is 17.1 Å². The average Bonchev–Trinajstić information content (AvgIpc) is 3.05. The number of amides is 3. The molecule has 26 heavy (non-hydrogen) atoms. The monoisotopic (exact) mass is 367 g/mol. The fraction of sp³-hybridized carbons (Fsp3) is 0.111. The lowest BCUT2D eigenvalue weighted by molar-refractivity contribution is -0.117. The molecule has 0 saturated heterocycles. The zero-order valence-electron chi connectivity index (χ0n) is 14.0. The quantitative estimate of drug-likeness (QED) is 0.675. The summed E-state index contributed by atoms with van der Waals surface area (Å²) in [5.74, 6) is 0.191. The van der Waals surface area contributed by atoms with Crippen molar-refractivity contribution >= 4 is 23.7 Å². The van der Waals surface area contributed by atoms with Gasteiger partial charge < -0.3 is 5.73 Å². The molecule has 8 heteroatoms. The fourth-order valence-electron chi connectivity index (χ4n) is 2.37. The number of primary amides is 1. The molecule has 0 spiro atoms. The molecule has 1 heterocycles. The van der Waals surface area contributed by atoms with Crippen molar-refractivity contribution in [1.29, 1.82) is 0 Å². The summed E-state index contributed by atoms with van der Waals surface area (Å²) in [6, 6.07) is 16.7. The van der Waals surface area contributed by atoms with E-state index < -0.39 is 11.9 Å². The Labute approximate surface area is 154 Å². The molecule has 3 N–H and O–H groups in total. The number of urea groups is 1. The molecule has 7 nitrogen and oxygen atoms in total. The lowest BCUT2D eigenvalue weighted by Gasteiger charge is -2.10. The van der Waals surface area contributed by atoms with E-state index in [0.717, 1.165) is 16.8 Å². The molecule has 3 amide bonds. The Morgan fingerprint density at radius 1 is 1.08 bits per heavy atom. The summed E-state index contributed by atoms with van der Waals surface area (Å²) >= 11 is 1.18. The zero-order chi connectivity index (χ0) is 18.5. The first kappa shape index (κ1) is 17.7. The van der Waals surface area contributed by atoms with Crippen LogP contribution in [0.2, 0.25) is 0 Å². The number of carbonyl (C=O) groups is 2. The minimum absolute atomic E-state index is 0.00171. The van der Waals surface area contributed by atoms with Gasteiger partial charge in [-0.1, -0.05) is 59.8 Å². The van der Waals surface area contributed by atoms with Crippen molar-refractivity contribution in [2.75, 3.05) is 5.75 Å². The first-order chi connectivity index (χ1) is 12.5. The van der Waals surface area contributed by atoms with Crippen LogP contribution in [0.15, 0.2) is 59.8 Å². The summed E-state index contributed by atoms with van der Waals surface area (Å²) in [4.78, 5) is 22.5. The number of nitrogens with zero attached hydrogens (tertiary/aromatic N) is 3. The molecular formula is C18H17N5O2S. The molecule has 3 aromatic rings. The number of thioether (sulfide) groups is 1. The van der Waals surface area contributed by atoms with E-state index in [1.165, 1.54) is 11.8 Å². The first-order valence-electron chi connectivity index (χ1n) is 7.84. The number of benzene rings is 2. The minimum atomic E-state index is -0.874. The number of imide groups is 1. The van der Waals surface area contributed by atoms with E-state index in [1.807, 2.05) is 71.4 Å². The van der Waals surface area contributed by atoms with Crippen LogP contribution in [0.3, 0.4) is 0 Å². The van der Waals surface area contributed by atoms with Gasteiger partial charge >= 0.3 is 6.03 Å². The third-order valence-electron chi connectivity index (χ3n) is 3.55. The van der Waals surface area contributed by atoms with Crippen molar-refractivity contribution < 1.29 is 9.59 Å². The van der Waals surface area contributed by atoms with Crippen molar-refractivity contribution in [2.24, 2.45) is 5.73 Å². The van der Waals surface area contributed by atoms with Crippen molar-refractivity contribution in [3.05, 3.63) is 60.2 Å². The van der Waals surface area contributed by atoms with Crippen LogP contribution in [0, 0.1) is 6.92 Å². The number of rotatable bonds is 5. The van der Waals surface area contributed by atoms with Crippen molar-refractivity contribution in [1.82, 2.24) is 20.1 Å². The lowest BCUT2D eigenvalue weighted by Crippen LogP contribution is -2.36. The second-order valence-electron chi connectivity index (χ2n) is 5.54. The average molecular weight is 367 g/mol. The molecule has 0 aliphatic heterocycles. The molecule has 0 aliphatic carbocycles. The molecule has 0 fully saturated rings. The SMILES string of the molecule is Cc1ccc(-n2c(SCC(=O)NC(N)=O)nnc2-c2ccccc2)cc1. The van der Waals surface area contributed by atoms with E-state index >= 15 is 0 Å². The highest BCUT2D eigenvalue weighted by Gasteiger charge is 2.17. The summed E-state index contributed by atoms with van der Waals surface area (Å²) in [6.07, 6.45) is 0. The molecule has 0 atom stereocenters. The number of hydrogen-bond acceptors (Lipinski definition) is 5. The van der Waals surface area contributed by atoms with Crippen molar-refractivity contribution in [3.8, 4) is 17.1 Å². The van der Waals surface area contributed by atoms with Gasteiger partial charge in [0, 0.05) is 11.3 Å². The Balaban J connectivity index is 1.97. The van der Waals surface area contributed by atoms with Gasteiger partial charge in [-0.3, -0.25) is 14.7 Å². The van der Waals surface area contributed by atoms with Crippen LogP contribution in [-0.2, 0) is 4.79 Å². The molecule has 2 aromatic carbocycles. The van der Waals surface area contributed by atoms with Crippen LogP contribution >= 0.6 is 11.8 Å². The molecule has 0 bridgehead atoms. The Kier molecular flexibility index (Phi) is 5.33. The maximum absolute atomic E-state index is 11.7. The van der Waals surface area contributed by atoms with Gasteiger partial charge in [0.2, 0.25) is 5.91 Å². The highest BCUT2D eigenvalue weighted by atomic mass is 32.2. The van der Waals surface area contributed by atoms with Crippen LogP contribution < -0.4 is 11.1 Å². The standard InChI is InChI=1S/C18H17N5O2S/c1-12-7-9-14(10-8-12)23-16(13-5-3-2-4-6-13)21-22-18(23)26-11-15(24)20-17(19)25/h2-10H,11H2,1H3,(H3,19,20,24,25). The van der Waals surface area contributed by atoms with Gasteiger partial charge in [-0.2, -0.15) is 0 Å². The Hall–Kier alpha value is -3.13. The van der Waals surface area contributed by atoms with Crippen LogP contribution in [0.5, 0.6) is 0 Å². The van der Waals surface area contributed by atoms with E-state index in [2.05, 4.69) is 10.2 Å². The van der Waals surface area contributed by atoms with Crippen molar-refractivity contribution in [2.45, 2.75) is 12.1 Å². The molecule has 0 radical (unpaired) electrons. The number of carbonyl (C=O) groups excluding carboxylic acids is 2. The Morgan fingerprint density at radius 3 is 2.42 bits per heavy atom. The van der Waals surface area contributed by atoms with Gasteiger partial charge in [-0.05, 0) is 19.1 Å². The number of aromatic nitrogens is 3. The minimum Gasteiger partial charge on any atom is -0.351 e. The van der Waals surface area contributed by atoms with Crippen LogP contribution in [0.4, 0.5) is 4.79 Å². The maximum atomic E-state index is 11.7. The summed E-state index contributed by atoms with van der Waals surface area (Å²) in [7, 11) is 0. The number of nitrogens with two attached hydrogens (primary N) is 1. The summed E-state index contributed by atoms with van der Waals surface area (Å²) < 4.78 is 1.89. The normalized spacial score (nSPS) is 10.5. The molecular weight excluding hydrogens is 350 g/mol. The first-order valence-corrected chi connectivity index (χ1v) is 8.83. The van der Waals surface area contributed by atoms with Gasteiger partial charge in [-0.25, -0.2) is 4.79 Å². The summed E-state index contributed by atoms with van der Waals surface area (Å²) in [6.45, 7) is 2.01. The smallest absolute Gasteiger partial charge is 0.318 e. The van der Waals surface area contributed by atoms with E-state index in [9.17, 15) is 9.59 Å². The van der Waals surface area contributed by atoms with E-state index in [4.69, 9.17) is 5.73 Å². The topological polar surface area (TPSA) is 103 Å². The predicted molar refractivity (Wildman–Crippen MR) is 100.0 cm³/mol. The highest BCUT2D eigenvalue weighted by Crippen LogP contribution is 2.27. The third-order valence-corrected chi connectivity index (χ3v) is 4.48. The third kappa shape index (κ3) is 4.09. The van der Waals surface area contributed by atoms with E-state index in [1.54, 1.807) is 0 Å². The van der Waals surface area contributed by atoms with Gasteiger partial charge in [-0.15, -0.1) is 10.2 Å². The zero-order valence-corrected chi connectivity index (χ0v) is 14.9. The number of aryl methyl sites for hydroxylation is 1. The maximum Gasteiger partial charge on any atom is 0.318 e. The predicted octanol–water partition coefficient (Wildman–Crippen LogP) is 2.53. The molecule has 0 saturated carbocycles. The molecule has 0 aliphatic rings. The lowest BCUT2D eigenvalue weighted by atomic mass is 10.2. The second-order valence-corrected chi connectivity index (χ2v) is 6.49. The Bertz CT molecular complexity index is 923. The van der Waals surface area contributed by atoms with Crippen LogP contribution in [0.1, 0.15) is 5.56 Å². The van der Waals surface area contributed by atoms with Gasteiger partial charge in [0.15, 0.2) is 11.0 Å². The molecule has 3 rings (SSSR count). The number of nitrogens with one attached hydrogen (secondary N) is 1. The van der Waals surface area contributed by atoms with Crippen LogP contribution in [-0.4, -0.2) is 32.5 Å². The second kappa shape index (κ2) is 7.83. The summed E-state index contributed by atoms with van der Waals surface area (Å²) in [5.41, 5.74) is 7.90. The highest BCUT2D eigenvalue weighted by molar-refractivity contribution is 7.99. The van der Waals surface area contributed by atoms with Gasteiger partial charge in [0.1, 0.15) is 0 Å². The molecule has 132 valence electrons. The Morgan fingerprint density at radius 2 is 1.77 bits per heavy atom.